The molecular weight excluding hydrogens is 300 g/mol. The molecule has 5 nitrogen and oxygen atoms in total. The van der Waals surface area contributed by atoms with Crippen LogP contribution < -0.4 is 15.5 Å². The van der Waals surface area contributed by atoms with Crippen LogP contribution in [0.2, 0.25) is 5.02 Å². The standard InChI is InChI=1S/C16H15ClN4O/c17-12-6-8-13(9-7-12)19-16(22)20-15-18-10-11-21(15)14-4-2-1-3-5-14/h1-9H,10-11H2,(H2,18,19,20,22). The summed E-state index contributed by atoms with van der Waals surface area (Å²) in [5.74, 6) is 0.553. The van der Waals surface area contributed by atoms with Crippen molar-refractivity contribution in [2.75, 3.05) is 23.3 Å². The van der Waals surface area contributed by atoms with E-state index < -0.39 is 0 Å². The maximum atomic E-state index is 12.1. The molecule has 0 atom stereocenters. The Hall–Kier alpha value is -2.53. The molecule has 22 heavy (non-hydrogen) atoms. The molecule has 0 aliphatic carbocycles. The van der Waals surface area contributed by atoms with Crippen LogP contribution in [0.5, 0.6) is 0 Å². The summed E-state index contributed by atoms with van der Waals surface area (Å²) in [7, 11) is 0. The molecule has 0 saturated carbocycles. The number of guanidine groups is 1. The van der Waals surface area contributed by atoms with Gasteiger partial charge in [0.2, 0.25) is 5.96 Å². The van der Waals surface area contributed by atoms with Crippen LogP contribution in [-0.2, 0) is 0 Å². The summed E-state index contributed by atoms with van der Waals surface area (Å²) in [6.45, 7) is 1.41. The summed E-state index contributed by atoms with van der Waals surface area (Å²) in [4.78, 5) is 18.4. The van der Waals surface area contributed by atoms with Crippen molar-refractivity contribution in [2.24, 2.45) is 4.99 Å². The number of para-hydroxylation sites is 1. The first-order valence-electron chi connectivity index (χ1n) is 6.93. The van der Waals surface area contributed by atoms with Crippen molar-refractivity contribution in [3.63, 3.8) is 0 Å². The van der Waals surface area contributed by atoms with Crippen molar-refractivity contribution in [1.82, 2.24) is 5.32 Å². The fraction of sp³-hybridized carbons (Fsp3) is 0.125. The molecular formula is C16H15ClN4O. The van der Waals surface area contributed by atoms with Crippen LogP contribution in [0.1, 0.15) is 0 Å². The number of carbonyl (C=O) groups excluding carboxylic acids is 1. The number of amides is 2. The van der Waals surface area contributed by atoms with Gasteiger partial charge in [-0.3, -0.25) is 10.3 Å². The quantitative estimate of drug-likeness (QED) is 0.893. The van der Waals surface area contributed by atoms with E-state index in [1.54, 1.807) is 24.3 Å². The molecule has 2 aromatic rings. The number of hydrogen-bond acceptors (Lipinski definition) is 3. The van der Waals surface area contributed by atoms with E-state index in [1.807, 2.05) is 35.2 Å². The van der Waals surface area contributed by atoms with Crippen molar-refractivity contribution < 1.29 is 4.79 Å². The summed E-state index contributed by atoms with van der Waals surface area (Å²) >= 11 is 5.82. The third-order valence-electron chi connectivity index (χ3n) is 3.24. The Morgan fingerprint density at radius 3 is 2.50 bits per heavy atom. The normalized spacial score (nSPS) is 13.7. The fourth-order valence-corrected chi connectivity index (χ4v) is 2.34. The lowest BCUT2D eigenvalue weighted by molar-refractivity contribution is 0.256. The van der Waals surface area contributed by atoms with E-state index in [4.69, 9.17) is 11.6 Å². The van der Waals surface area contributed by atoms with Crippen LogP contribution in [0.4, 0.5) is 16.2 Å². The van der Waals surface area contributed by atoms with Gasteiger partial charge in [0.25, 0.3) is 0 Å². The van der Waals surface area contributed by atoms with Crippen LogP contribution in [0.25, 0.3) is 0 Å². The van der Waals surface area contributed by atoms with Crippen LogP contribution >= 0.6 is 11.6 Å². The Morgan fingerprint density at radius 1 is 1.05 bits per heavy atom. The highest BCUT2D eigenvalue weighted by atomic mass is 35.5. The SMILES string of the molecule is O=C(NC1=NCCN1c1ccccc1)Nc1ccc(Cl)cc1. The van der Waals surface area contributed by atoms with Crippen LogP contribution in [0.15, 0.2) is 59.6 Å². The van der Waals surface area contributed by atoms with Crippen molar-refractivity contribution >= 4 is 35.0 Å². The van der Waals surface area contributed by atoms with E-state index in [9.17, 15) is 4.79 Å². The van der Waals surface area contributed by atoms with E-state index in [-0.39, 0.29) is 6.03 Å². The zero-order valence-corrected chi connectivity index (χ0v) is 12.5. The minimum atomic E-state index is -0.330. The minimum absolute atomic E-state index is 0.330. The van der Waals surface area contributed by atoms with Gasteiger partial charge < -0.3 is 10.2 Å². The smallest absolute Gasteiger partial charge is 0.310 e. The molecule has 6 heteroatoms. The summed E-state index contributed by atoms with van der Waals surface area (Å²) in [5.41, 5.74) is 1.68. The van der Waals surface area contributed by atoms with Gasteiger partial charge in [-0.15, -0.1) is 0 Å². The molecule has 1 aliphatic rings. The first-order chi connectivity index (χ1) is 10.7. The van der Waals surface area contributed by atoms with Gasteiger partial charge in [0.15, 0.2) is 0 Å². The number of carbonyl (C=O) groups is 1. The fourth-order valence-electron chi connectivity index (χ4n) is 2.21. The van der Waals surface area contributed by atoms with Crippen LogP contribution in [0.3, 0.4) is 0 Å². The summed E-state index contributed by atoms with van der Waals surface area (Å²) < 4.78 is 0. The number of aliphatic imine (C=N–C) groups is 1. The molecule has 0 saturated heterocycles. The highest BCUT2D eigenvalue weighted by Gasteiger charge is 2.20. The predicted octanol–water partition coefficient (Wildman–Crippen LogP) is 3.34. The summed E-state index contributed by atoms with van der Waals surface area (Å²) in [5, 5.41) is 6.16. The third kappa shape index (κ3) is 3.38. The second kappa shape index (κ2) is 6.49. The third-order valence-corrected chi connectivity index (χ3v) is 3.49. The molecule has 0 spiro atoms. The number of halogens is 1. The van der Waals surface area contributed by atoms with Gasteiger partial charge in [0.1, 0.15) is 0 Å². The Labute approximate surface area is 133 Å². The second-order valence-electron chi connectivity index (χ2n) is 4.78. The largest absolute Gasteiger partial charge is 0.326 e. The predicted molar refractivity (Wildman–Crippen MR) is 89.7 cm³/mol. The highest BCUT2D eigenvalue weighted by molar-refractivity contribution is 6.30. The number of benzene rings is 2. The van der Waals surface area contributed by atoms with Gasteiger partial charge in [0, 0.05) is 22.9 Å². The van der Waals surface area contributed by atoms with E-state index in [1.165, 1.54) is 0 Å². The van der Waals surface area contributed by atoms with Gasteiger partial charge >= 0.3 is 6.03 Å². The van der Waals surface area contributed by atoms with Gasteiger partial charge in [-0.05, 0) is 36.4 Å². The number of anilines is 2. The zero-order chi connectivity index (χ0) is 15.4. The molecule has 2 aromatic carbocycles. The van der Waals surface area contributed by atoms with E-state index in [2.05, 4.69) is 15.6 Å². The van der Waals surface area contributed by atoms with E-state index in [0.717, 1.165) is 12.2 Å². The molecule has 2 amide bonds. The van der Waals surface area contributed by atoms with Crippen LogP contribution in [-0.4, -0.2) is 25.1 Å². The molecule has 0 fully saturated rings. The average Bonchev–Trinajstić information content (AvgIpc) is 2.98. The molecule has 112 valence electrons. The summed E-state index contributed by atoms with van der Waals surface area (Å²) in [6.07, 6.45) is 0. The number of nitrogens with one attached hydrogen (secondary N) is 2. The molecule has 1 heterocycles. The lowest BCUT2D eigenvalue weighted by atomic mass is 10.3. The van der Waals surface area contributed by atoms with Gasteiger partial charge in [-0.25, -0.2) is 4.79 Å². The number of nitrogens with zero attached hydrogens (tertiary/aromatic N) is 2. The van der Waals surface area contributed by atoms with Gasteiger partial charge in [-0.2, -0.15) is 0 Å². The number of rotatable bonds is 2. The Kier molecular flexibility index (Phi) is 4.25. The minimum Gasteiger partial charge on any atom is -0.310 e. The number of urea groups is 1. The maximum Gasteiger partial charge on any atom is 0.326 e. The number of hydrogen-bond donors (Lipinski definition) is 2. The topological polar surface area (TPSA) is 56.7 Å². The second-order valence-corrected chi connectivity index (χ2v) is 5.21. The lowest BCUT2D eigenvalue weighted by Gasteiger charge is -2.20. The zero-order valence-electron chi connectivity index (χ0n) is 11.8. The Morgan fingerprint density at radius 2 is 1.77 bits per heavy atom. The average molecular weight is 315 g/mol. The van der Waals surface area contributed by atoms with Crippen molar-refractivity contribution in [1.29, 1.82) is 0 Å². The first kappa shape index (κ1) is 14.4. The van der Waals surface area contributed by atoms with E-state index >= 15 is 0 Å². The maximum absolute atomic E-state index is 12.1. The molecule has 0 bridgehead atoms. The molecule has 3 rings (SSSR count). The van der Waals surface area contributed by atoms with Gasteiger partial charge in [0.05, 0.1) is 6.54 Å². The molecule has 0 aromatic heterocycles. The molecule has 1 aliphatic heterocycles. The van der Waals surface area contributed by atoms with E-state index in [0.29, 0.717) is 23.2 Å². The monoisotopic (exact) mass is 314 g/mol. The highest BCUT2D eigenvalue weighted by Crippen LogP contribution is 2.16. The first-order valence-corrected chi connectivity index (χ1v) is 7.31. The Balaban J connectivity index is 1.64. The molecule has 2 N–H and O–H groups in total. The van der Waals surface area contributed by atoms with Crippen molar-refractivity contribution in [3.05, 3.63) is 59.6 Å². The van der Waals surface area contributed by atoms with Gasteiger partial charge in [-0.1, -0.05) is 29.8 Å². The summed E-state index contributed by atoms with van der Waals surface area (Å²) in [6, 6.07) is 16.4. The molecule has 0 unspecified atom stereocenters. The molecule has 0 radical (unpaired) electrons. The Bertz CT molecular complexity index is 685. The van der Waals surface area contributed by atoms with Crippen molar-refractivity contribution in [3.8, 4) is 0 Å². The van der Waals surface area contributed by atoms with Crippen LogP contribution in [0, 0.1) is 0 Å². The lowest BCUT2D eigenvalue weighted by Crippen LogP contribution is -2.43. The van der Waals surface area contributed by atoms with Crippen molar-refractivity contribution in [2.45, 2.75) is 0 Å².